The highest BCUT2D eigenvalue weighted by Gasteiger charge is 2.68. The molecule has 6 heteroatoms. The summed E-state index contributed by atoms with van der Waals surface area (Å²) in [5.41, 5.74) is -0.428. The molecule has 1 spiro atoms. The summed E-state index contributed by atoms with van der Waals surface area (Å²) in [5.74, 6) is 1.36. The average Bonchev–Trinajstić information content (AvgIpc) is 3.27. The topological polar surface area (TPSA) is 74.2 Å². The zero-order valence-corrected chi connectivity index (χ0v) is 14.5. The van der Waals surface area contributed by atoms with Gasteiger partial charge in [-0.2, -0.15) is 0 Å². The second kappa shape index (κ2) is 5.04. The van der Waals surface area contributed by atoms with Crippen LogP contribution in [0.15, 0.2) is 36.6 Å². The molecule has 4 aliphatic rings. The molecule has 5 rings (SSSR count). The van der Waals surface area contributed by atoms with Crippen LogP contribution < -0.4 is 9.47 Å². The summed E-state index contributed by atoms with van der Waals surface area (Å²) < 4.78 is 22.5. The number of benzene rings is 1. The van der Waals surface area contributed by atoms with Crippen molar-refractivity contribution in [3.05, 3.63) is 42.2 Å². The number of carbonyl (C=O) groups excluding carboxylic acids is 1. The molecule has 136 valence electrons. The van der Waals surface area contributed by atoms with Crippen molar-refractivity contribution in [2.24, 2.45) is 11.3 Å². The molecule has 1 saturated heterocycles. The number of phenolic OH excluding ortho intramolecular Hbond substituents is 1. The third-order valence-electron chi connectivity index (χ3n) is 6.45. The van der Waals surface area contributed by atoms with Crippen LogP contribution in [0.4, 0.5) is 0 Å². The van der Waals surface area contributed by atoms with Crippen LogP contribution in [-0.2, 0) is 14.3 Å². The molecule has 0 amide bonds. The number of aromatic hydroxyl groups is 1. The lowest BCUT2D eigenvalue weighted by Gasteiger charge is -2.35. The number of ether oxygens (including phenoxy) is 4. The summed E-state index contributed by atoms with van der Waals surface area (Å²) in [5, 5.41) is 10.4. The van der Waals surface area contributed by atoms with E-state index >= 15 is 0 Å². The molecule has 2 aliphatic heterocycles. The first-order valence-corrected chi connectivity index (χ1v) is 8.78. The first-order valence-electron chi connectivity index (χ1n) is 8.78. The first-order chi connectivity index (χ1) is 12.5. The summed E-state index contributed by atoms with van der Waals surface area (Å²) in [7, 11) is 0. The number of allylic oxidation sites excluding steroid dienone is 2. The number of hydrogen-bond acceptors (Lipinski definition) is 6. The Morgan fingerprint density at radius 1 is 1.31 bits per heavy atom. The molecular weight excluding hydrogens is 336 g/mol. The molecule has 4 atom stereocenters. The van der Waals surface area contributed by atoms with E-state index in [9.17, 15) is 9.90 Å². The molecule has 1 saturated carbocycles. The fourth-order valence-electron chi connectivity index (χ4n) is 5.40. The maximum atomic E-state index is 13.2. The molecule has 1 N–H and O–H groups in total. The van der Waals surface area contributed by atoms with E-state index in [2.05, 4.69) is 13.5 Å². The third kappa shape index (κ3) is 1.72. The van der Waals surface area contributed by atoms with Gasteiger partial charge in [-0.15, -0.1) is 6.58 Å². The number of ketones is 1. The van der Waals surface area contributed by atoms with Crippen LogP contribution in [0.25, 0.3) is 0 Å². The lowest BCUT2D eigenvalue weighted by atomic mass is 9.67. The van der Waals surface area contributed by atoms with E-state index in [1.54, 1.807) is 18.2 Å². The van der Waals surface area contributed by atoms with Crippen molar-refractivity contribution >= 4 is 5.78 Å². The maximum Gasteiger partial charge on any atom is 0.231 e. The normalized spacial score (nSPS) is 36.5. The van der Waals surface area contributed by atoms with Gasteiger partial charge in [0.15, 0.2) is 24.1 Å². The summed E-state index contributed by atoms with van der Waals surface area (Å²) in [6, 6.07) is 3.55. The Kier molecular flexibility index (Phi) is 3.05. The second-order valence-electron chi connectivity index (χ2n) is 7.53. The predicted molar refractivity (Wildman–Crippen MR) is 90.9 cm³/mol. The van der Waals surface area contributed by atoms with Crippen LogP contribution in [0.1, 0.15) is 31.2 Å². The van der Waals surface area contributed by atoms with Gasteiger partial charge in [0.05, 0.1) is 0 Å². The summed E-state index contributed by atoms with van der Waals surface area (Å²) in [6.45, 7) is 6.19. The molecule has 0 unspecified atom stereocenters. The molecule has 26 heavy (non-hydrogen) atoms. The highest BCUT2D eigenvalue weighted by molar-refractivity contribution is 5.99. The van der Waals surface area contributed by atoms with Crippen molar-refractivity contribution in [3.63, 3.8) is 0 Å². The fraction of sp³-hybridized carbons (Fsp3) is 0.450. The maximum absolute atomic E-state index is 13.2. The predicted octanol–water partition coefficient (Wildman–Crippen LogP) is 3.02. The minimum atomic E-state index is -0.668. The monoisotopic (exact) mass is 356 g/mol. The SMILES string of the molecule is C=CC[C@@]12C[C@]3(OCOC3=CC1=O)[C@@H](C)[C@@H]2c1cc(O)c2c(c1)OCO2. The largest absolute Gasteiger partial charge is 0.504 e. The Balaban J connectivity index is 1.70. The van der Waals surface area contributed by atoms with Gasteiger partial charge in [0, 0.05) is 23.3 Å². The molecule has 1 aromatic carbocycles. The number of phenols is 1. The molecule has 2 fully saturated rings. The number of hydrogen-bond donors (Lipinski definition) is 1. The lowest BCUT2D eigenvalue weighted by Crippen LogP contribution is -2.39. The standard InChI is InChI=1S/C20H20O6/c1-3-4-19-8-20(16(7-15(19)22)24-10-26-20)11(2)17(19)12-5-13(21)18-14(6-12)23-9-25-18/h3,5-7,11,17,21H,1,4,8-10H2,2H3/t11-,17+,19+,20-/m0/s1. The first kappa shape index (κ1) is 15.8. The Bertz CT molecular complexity index is 858. The number of fused-ring (bicyclic) bond motifs is 2. The molecule has 2 bridgehead atoms. The van der Waals surface area contributed by atoms with Crippen LogP contribution in [0.3, 0.4) is 0 Å². The quantitative estimate of drug-likeness (QED) is 0.839. The number of rotatable bonds is 3. The zero-order valence-electron chi connectivity index (χ0n) is 14.5. The van der Waals surface area contributed by atoms with Crippen LogP contribution in [0.2, 0.25) is 0 Å². The van der Waals surface area contributed by atoms with E-state index in [0.717, 1.165) is 5.56 Å². The van der Waals surface area contributed by atoms with Crippen molar-refractivity contribution in [1.82, 2.24) is 0 Å². The minimum absolute atomic E-state index is 0.0116. The molecule has 0 radical (unpaired) electrons. The smallest absolute Gasteiger partial charge is 0.231 e. The molecule has 6 nitrogen and oxygen atoms in total. The molecule has 2 aliphatic carbocycles. The van der Waals surface area contributed by atoms with Gasteiger partial charge in [0.1, 0.15) is 11.4 Å². The van der Waals surface area contributed by atoms with Crippen LogP contribution >= 0.6 is 0 Å². The zero-order chi connectivity index (χ0) is 18.1. The third-order valence-corrected chi connectivity index (χ3v) is 6.45. The van der Waals surface area contributed by atoms with Gasteiger partial charge in [0.2, 0.25) is 12.5 Å². The minimum Gasteiger partial charge on any atom is -0.504 e. The van der Waals surface area contributed by atoms with E-state index in [-0.39, 0.29) is 37.0 Å². The second-order valence-corrected chi connectivity index (χ2v) is 7.53. The van der Waals surface area contributed by atoms with Gasteiger partial charge >= 0.3 is 0 Å². The molecule has 1 aromatic rings. The molecular formula is C20H20O6. The van der Waals surface area contributed by atoms with E-state index in [4.69, 9.17) is 18.9 Å². The Labute approximate surface area is 151 Å². The summed E-state index contributed by atoms with van der Waals surface area (Å²) in [4.78, 5) is 13.2. The summed E-state index contributed by atoms with van der Waals surface area (Å²) in [6.07, 6.45) is 4.48. The van der Waals surface area contributed by atoms with Gasteiger partial charge in [-0.25, -0.2) is 0 Å². The van der Waals surface area contributed by atoms with Crippen molar-refractivity contribution < 1.29 is 28.8 Å². The average molecular weight is 356 g/mol. The Morgan fingerprint density at radius 2 is 2.15 bits per heavy atom. The van der Waals surface area contributed by atoms with Crippen molar-refractivity contribution in [1.29, 1.82) is 0 Å². The van der Waals surface area contributed by atoms with E-state index in [1.807, 2.05) is 6.07 Å². The summed E-state index contributed by atoms with van der Waals surface area (Å²) >= 11 is 0. The lowest BCUT2D eigenvalue weighted by molar-refractivity contribution is -0.126. The van der Waals surface area contributed by atoms with E-state index in [1.165, 1.54) is 0 Å². The highest BCUT2D eigenvalue weighted by Crippen LogP contribution is 2.67. The number of carbonyl (C=O) groups is 1. The molecule has 2 heterocycles. The highest BCUT2D eigenvalue weighted by atomic mass is 16.7. The Morgan fingerprint density at radius 3 is 2.96 bits per heavy atom. The van der Waals surface area contributed by atoms with Gasteiger partial charge in [-0.3, -0.25) is 4.79 Å². The van der Waals surface area contributed by atoms with E-state index < -0.39 is 11.0 Å². The van der Waals surface area contributed by atoms with Gasteiger partial charge in [-0.05, 0) is 30.5 Å². The fourth-order valence-corrected chi connectivity index (χ4v) is 5.40. The van der Waals surface area contributed by atoms with Gasteiger partial charge in [-0.1, -0.05) is 13.0 Å². The van der Waals surface area contributed by atoms with Gasteiger partial charge < -0.3 is 24.1 Å². The molecule has 0 aromatic heterocycles. The van der Waals surface area contributed by atoms with Crippen LogP contribution in [-0.4, -0.2) is 30.1 Å². The Hall–Kier alpha value is -2.47. The van der Waals surface area contributed by atoms with Crippen molar-refractivity contribution in [2.75, 3.05) is 13.6 Å². The van der Waals surface area contributed by atoms with Crippen LogP contribution in [0.5, 0.6) is 17.2 Å². The van der Waals surface area contributed by atoms with Gasteiger partial charge in [0.25, 0.3) is 0 Å². The van der Waals surface area contributed by atoms with E-state index in [0.29, 0.717) is 30.1 Å². The van der Waals surface area contributed by atoms with Crippen molar-refractivity contribution in [2.45, 2.75) is 31.3 Å². The van der Waals surface area contributed by atoms with Crippen LogP contribution in [0, 0.1) is 11.3 Å². The van der Waals surface area contributed by atoms with Crippen molar-refractivity contribution in [3.8, 4) is 17.2 Å².